The van der Waals surface area contributed by atoms with E-state index in [0.29, 0.717) is 28.8 Å². The van der Waals surface area contributed by atoms with Gasteiger partial charge in [-0.05, 0) is 49.7 Å². The van der Waals surface area contributed by atoms with Gasteiger partial charge in [-0.15, -0.1) is 0 Å². The Labute approximate surface area is 208 Å². The molecular formula is C27H24N4O4S. The average Bonchev–Trinajstić information content (AvgIpc) is 3.28. The smallest absolute Gasteiger partial charge is 0.227 e. The lowest BCUT2D eigenvalue weighted by molar-refractivity contribution is -0.117. The molecular weight excluding hydrogens is 476 g/mol. The maximum atomic E-state index is 12.2. The molecule has 1 N–H and O–H groups in total. The van der Waals surface area contributed by atoms with Gasteiger partial charge in [-0.2, -0.15) is 0 Å². The molecule has 2 aromatic heterocycles. The number of amides is 1. The third kappa shape index (κ3) is 3.85. The molecule has 0 aliphatic carbocycles. The Morgan fingerprint density at radius 2 is 1.92 bits per heavy atom. The Kier molecular flexibility index (Phi) is 5.19. The molecule has 4 aromatic rings. The van der Waals surface area contributed by atoms with Gasteiger partial charge >= 0.3 is 0 Å². The predicted octanol–water partition coefficient (Wildman–Crippen LogP) is 5.02. The molecule has 2 aromatic carbocycles. The van der Waals surface area contributed by atoms with Crippen LogP contribution < -0.4 is 15.0 Å². The molecule has 1 unspecified atom stereocenters. The lowest BCUT2D eigenvalue weighted by Gasteiger charge is -2.28. The van der Waals surface area contributed by atoms with Crippen molar-refractivity contribution in [2.24, 2.45) is 0 Å². The van der Waals surface area contributed by atoms with Crippen LogP contribution in [0.5, 0.6) is 5.75 Å². The SMILES string of the molecule is CC1Oc2cc(N3CCCC3=O)ccc2-c2cnc(Nc3cnc4cccc(S(C)(=O)=O)c4c3)cc21. The number of fused-ring (bicyclic) bond motifs is 4. The van der Waals surface area contributed by atoms with Gasteiger partial charge in [-0.3, -0.25) is 9.78 Å². The van der Waals surface area contributed by atoms with Crippen molar-refractivity contribution < 1.29 is 17.9 Å². The fourth-order valence-electron chi connectivity index (χ4n) is 4.94. The number of carbonyl (C=O) groups excluding carboxylic acids is 1. The van der Waals surface area contributed by atoms with E-state index >= 15 is 0 Å². The standard InChI is InChI=1S/C27H24N4O4S/c1-16-20-13-26(30-17-11-21-23(28-14-17)5-3-6-25(21)36(2,33)34)29-15-22(20)19-9-8-18(12-24(19)35-16)31-10-4-7-27(31)32/h3,5-6,8-9,11-16H,4,7,10H2,1-2H3,(H,29,30). The third-order valence-electron chi connectivity index (χ3n) is 6.68. The molecule has 182 valence electrons. The summed E-state index contributed by atoms with van der Waals surface area (Å²) in [5, 5.41) is 3.81. The van der Waals surface area contributed by atoms with E-state index in [1.165, 1.54) is 6.26 Å². The van der Waals surface area contributed by atoms with Crippen molar-refractivity contribution in [3.05, 3.63) is 66.5 Å². The van der Waals surface area contributed by atoms with Crippen LogP contribution in [0.15, 0.2) is 65.8 Å². The van der Waals surface area contributed by atoms with Gasteiger partial charge in [0.05, 0.1) is 22.3 Å². The van der Waals surface area contributed by atoms with Crippen molar-refractivity contribution in [2.75, 3.05) is 23.0 Å². The zero-order chi connectivity index (χ0) is 25.0. The van der Waals surface area contributed by atoms with Gasteiger partial charge in [-0.1, -0.05) is 6.07 Å². The van der Waals surface area contributed by atoms with Crippen LogP contribution in [-0.2, 0) is 14.6 Å². The van der Waals surface area contributed by atoms with Crippen molar-refractivity contribution in [1.82, 2.24) is 9.97 Å². The minimum atomic E-state index is -3.40. The minimum Gasteiger partial charge on any atom is -0.485 e. The van der Waals surface area contributed by atoms with Crippen molar-refractivity contribution in [1.29, 1.82) is 0 Å². The average molecular weight is 501 g/mol. The second-order valence-corrected chi connectivity index (χ2v) is 11.2. The molecule has 8 nitrogen and oxygen atoms in total. The molecule has 1 amide bonds. The van der Waals surface area contributed by atoms with E-state index in [-0.39, 0.29) is 16.9 Å². The Hall–Kier alpha value is -3.98. The molecule has 6 rings (SSSR count). The summed E-state index contributed by atoms with van der Waals surface area (Å²) in [5.74, 6) is 1.48. The van der Waals surface area contributed by atoms with Gasteiger partial charge < -0.3 is 15.0 Å². The molecule has 4 heterocycles. The quantitative estimate of drug-likeness (QED) is 0.420. The van der Waals surface area contributed by atoms with E-state index in [2.05, 4.69) is 15.3 Å². The first kappa shape index (κ1) is 22.5. The maximum Gasteiger partial charge on any atom is 0.227 e. The number of aromatic nitrogens is 2. The molecule has 2 aliphatic rings. The number of pyridine rings is 2. The monoisotopic (exact) mass is 500 g/mol. The first-order chi connectivity index (χ1) is 17.3. The molecule has 0 bridgehead atoms. The molecule has 1 saturated heterocycles. The van der Waals surface area contributed by atoms with Crippen LogP contribution in [0.2, 0.25) is 0 Å². The molecule has 36 heavy (non-hydrogen) atoms. The second-order valence-electron chi connectivity index (χ2n) is 9.19. The summed E-state index contributed by atoms with van der Waals surface area (Å²) in [7, 11) is -3.40. The van der Waals surface area contributed by atoms with Gasteiger partial charge in [0.25, 0.3) is 0 Å². The number of hydrogen-bond acceptors (Lipinski definition) is 7. The van der Waals surface area contributed by atoms with Gasteiger partial charge in [0.1, 0.15) is 17.7 Å². The molecule has 0 spiro atoms. The van der Waals surface area contributed by atoms with Crippen molar-refractivity contribution in [3.8, 4) is 16.9 Å². The van der Waals surface area contributed by atoms with Crippen LogP contribution in [0.1, 0.15) is 31.4 Å². The topological polar surface area (TPSA) is 101 Å². The largest absolute Gasteiger partial charge is 0.485 e. The number of nitrogens with zero attached hydrogens (tertiary/aromatic N) is 3. The fourth-order valence-corrected chi connectivity index (χ4v) is 5.82. The van der Waals surface area contributed by atoms with Gasteiger partial charge in [0.15, 0.2) is 9.84 Å². The van der Waals surface area contributed by atoms with Crippen LogP contribution >= 0.6 is 0 Å². The molecule has 0 saturated carbocycles. The summed E-state index contributed by atoms with van der Waals surface area (Å²) in [6, 6.07) is 14.6. The van der Waals surface area contributed by atoms with Crippen LogP contribution in [0, 0.1) is 0 Å². The Bertz CT molecular complexity index is 1650. The third-order valence-corrected chi connectivity index (χ3v) is 7.83. The highest BCUT2D eigenvalue weighted by Crippen LogP contribution is 2.44. The van der Waals surface area contributed by atoms with Crippen LogP contribution in [0.4, 0.5) is 17.2 Å². The number of benzene rings is 2. The Balaban J connectivity index is 1.33. The first-order valence-corrected chi connectivity index (χ1v) is 13.6. The molecule has 1 fully saturated rings. The number of hydrogen-bond donors (Lipinski definition) is 1. The fraction of sp³-hybridized carbons (Fsp3) is 0.222. The van der Waals surface area contributed by atoms with E-state index in [0.717, 1.165) is 41.1 Å². The number of rotatable bonds is 4. The van der Waals surface area contributed by atoms with Crippen molar-refractivity contribution >= 4 is 43.8 Å². The normalized spacial score (nSPS) is 17.0. The summed E-state index contributed by atoms with van der Waals surface area (Å²) in [5.41, 5.74) is 4.99. The Morgan fingerprint density at radius 3 is 2.69 bits per heavy atom. The van der Waals surface area contributed by atoms with Crippen LogP contribution in [-0.4, -0.2) is 37.1 Å². The van der Waals surface area contributed by atoms with E-state index < -0.39 is 9.84 Å². The number of carbonyl (C=O) groups is 1. The maximum absolute atomic E-state index is 12.2. The van der Waals surface area contributed by atoms with E-state index in [4.69, 9.17) is 4.74 Å². The predicted molar refractivity (Wildman–Crippen MR) is 138 cm³/mol. The number of sulfone groups is 1. The lowest BCUT2D eigenvalue weighted by atomic mass is 9.94. The van der Waals surface area contributed by atoms with Gasteiger partial charge in [-0.25, -0.2) is 13.4 Å². The molecule has 2 aliphatic heterocycles. The minimum absolute atomic E-state index is 0.142. The van der Waals surface area contributed by atoms with Crippen LogP contribution in [0.3, 0.4) is 0 Å². The molecule has 9 heteroatoms. The summed E-state index contributed by atoms with van der Waals surface area (Å²) < 4.78 is 30.7. The van der Waals surface area contributed by atoms with Crippen molar-refractivity contribution in [3.63, 3.8) is 0 Å². The van der Waals surface area contributed by atoms with E-state index in [1.54, 1.807) is 30.5 Å². The summed E-state index contributed by atoms with van der Waals surface area (Å²) in [6.45, 7) is 2.71. The number of anilines is 3. The second kappa shape index (κ2) is 8.30. The van der Waals surface area contributed by atoms with Gasteiger partial charge in [0.2, 0.25) is 5.91 Å². The van der Waals surface area contributed by atoms with Crippen molar-refractivity contribution in [2.45, 2.75) is 30.8 Å². The zero-order valence-electron chi connectivity index (χ0n) is 19.9. The highest BCUT2D eigenvalue weighted by atomic mass is 32.2. The highest BCUT2D eigenvalue weighted by Gasteiger charge is 2.27. The summed E-state index contributed by atoms with van der Waals surface area (Å²) in [6.07, 6.45) is 5.90. The lowest BCUT2D eigenvalue weighted by Crippen LogP contribution is -2.24. The summed E-state index contributed by atoms with van der Waals surface area (Å²) in [4.78, 5) is 23.2. The van der Waals surface area contributed by atoms with Gasteiger partial charge in [0, 0.05) is 59.2 Å². The molecule has 0 radical (unpaired) electrons. The van der Waals surface area contributed by atoms with E-state index in [1.807, 2.05) is 42.3 Å². The highest BCUT2D eigenvalue weighted by molar-refractivity contribution is 7.91. The first-order valence-electron chi connectivity index (χ1n) is 11.8. The zero-order valence-corrected chi connectivity index (χ0v) is 20.7. The number of nitrogens with one attached hydrogen (secondary N) is 1. The summed E-state index contributed by atoms with van der Waals surface area (Å²) >= 11 is 0. The van der Waals surface area contributed by atoms with Crippen LogP contribution in [0.25, 0.3) is 22.0 Å². The van der Waals surface area contributed by atoms with E-state index in [9.17, 15) is 13.2 Å². The number of ether oxygens (including phenoxy) is 1. The molecule has 1 atom stereocenters. The Morgan fingerprint density at radius 1 is 1.06 bits per heavy atom.